The molecule has 0 aliphatic carbocycles. The molecule has 1 amide bonds. The molecular formula is C24H24F3N5O. The van der Waals surface area contributed by atoms with Gasteiger partial charge in [0.2, 0.25) is 5.91 Å². The number of carbonyl (C=O) groups is 1. The third-order valence-electron chi connectivity index (χ3n) is 6.12. The van der Waals surface area contributed by atoms with Crippen LogP contribution in [0.3, 0.4) is 0 Å². The number of hydrogen-bond acceptors (Lipinski definition) is 4. The van der Waals surface area contributed by atoms with Gasteiger partial charge in [0.05, 0.1) is 13.1 Å². The molecule has 2 aliphatic heterocycles. The summed E-state index contributed by atoms with van der Waals surface area (Å²) >= 11 is 0. The van der Waals surface area contributed by atoms with E-state index in [1.54, 1.807) is 29.2 Å². The van der Waals surface area contributed by atoms with Gasteiger partial charge in [0.15, 0.2) is 0 Å². The Balaban J connectivity index is 1.42. The lowest BCUT2D eigenvalue weighted by molar-refractivity contribution is -0.133. The molecule has 6 nitrogen and oxygen atoms in total. The van der Waals surface area contributed by atoms with Crippen LogP contribution in [0, 0.1) is 11.6 Å². The standard InChI is InChI=1S/C24H24F3N5O/c25-17-3-1-16(2-4-17)23-24(28-20-7-5-18(26)6-8-20)32-12-11-31(14-21(32)29-23)22(33)15-30-10-9-19(27)13-30/h1-8,19,28H,9-15H2/t19-/m0/s1. The fourth-order valence-electron chi connectivity index (χ4n) is 4.37. The van der Waals surface area contributed by atoms with Crippen molar-refractivity contribution in [3.8, 4) is 11.3 Å². The Kier molecular flexibility index (Phi) is 5.80. The van der Waals surface area contributed by atoms with Crippen LogP contribution >= 0.6 is 0 Å². The highest BCUT2D eigenvalue weighted by Crippen LogP contribution is 2.33. The minimum absolute atomic E-state index is 0.0466. The molecule has 33 heavy (non-hydrogen) atoms. The lowest BCUT2D eigenvalue weighted by Gasteiger charge is -2.30. The predicted molar refractivity (Wildman–Crippen MR) is 119 cm³/mol. The van der Waals surface area contributed by atoms with E-state index in [1.165, 1.54) is 24.3 Å². The maximum atomic E-state index is 13.5. The zero-order valence-corrected chi connectivity index (χ0v) is 18.0. The third kappa shape index (κ3) is 4.59. The molecule has 0 saturated carbocycles. The molecule has 0 bridgehead atoms. The summed E-state index contributed by atoms with van der Waals surface area (Å²) in [5.74, 6) is 0.680. The van der Waals surface area contributed by atoms with Crippen molar-refractivity contribution in [3.63, 3.8) is 0 Å². The van der Waals surface area contributed by atoms with E-state index in [9.17, 15) is 18.0 Å². The van der Waals surface area contributed by atoms with E-state index in [0.717, 1.165) is 5.56 Å². The van der Waals surface area contributed by atoms with Crippen molar-refractivity contribution in [1.29, 1.82) is 0 Å². The lowest BCUT2D eigenvalue weighted by atomic mass is 10.1. The van der Waals surface area contributed by atoms with Gasteiger partial charge in [0, 0.05) is 37.4 Å². The zero-order valence-electron chi connectivity index (χ0n) is 18.0. The molecule has 3 heterocycles. The van der Waals surface area contributed by atoms with Gasteiger partial charge in [0.1, 0.15) is 35.1 Å². The van der Waals surface area contributed by atoms with Gasteiger partial charge in [0.25, 0.3) is 0 Å². The van der Waals surface area contributed by atoms with Crippen molar-refractivity contribution in [2.75, 3.05) is 31.5 Å². The molecule has 2 aliphatic rings. The number of aromatic nitrogens is 2. The first-order valence-electron chi connectivity index (χ1n) is 11.0. The number of alkyl halides is 1. The first-order chi connectivity index (χ1) is 16.0. The Labute approximate surface area is 189 Å². The van der Waals surface area contributed by atoms with Crippen LogP contribution in [0.4, 0.5) is 24.7 Å². The molecule has 1 saturated heterocycles. The van der Waals surface area contributed by atoms with Crippen LogP contribution in [-0.4, -0.2) is 57.6 Å². The molecule has 2 aromatic carbocycles. The van der Waals surface area contributed by atoms with Crippen molar-refractivity contribution >= 4 is 17.4 Å². The van der Waals surface area contributed by atoms with Gasteiger partial charge < -0.3 is 14.8 Å². The summed E-state index contributed by atoms with van der Waals surface area (Å²) in [5, 5.41) is 3.32. The monoisotopic (exact) mass is 455 g/mol. The van der Waals surface area contributed by atoms with Crippen molar-refractivity contribution in [2.45, 2.75) is 25.7 Å². The highest BCUT2D eigenvalue weighted by Gasteiger charge is 2.29. The number of rotatable bonds is 5. The van der Waals surface area contributed by atoms with E-state index >= 15 is 0 Å². The van der Waals surface area contributed by atoms with E-state index in [1.807, 2.05) is 9.47 Å². The van der Waals surface area contributed by atoms with Crippen molar-refractivity contribution in [2.24, 2.45) is 0 Å². The maximum Gasteiger partial charge on any atom is 0.237 e. The average molecular weight is 455 g/mol. The molecular weight excluding hydrogens is 431 g/mol. The fraction of sp³-hybridized carbons (Fsp3) is 0.333. The summed E-state index contributed by atoms with van der Waals surface area (Å²) in [7, 11) is 0. The Hall–Kier alpha value is -3.33. The smallest absolute Gasteiger partial charge is 0.237 e. The average Bonchev–Trinajstić information content (AvgIpc) is 3.38. The maximum absolute atomic E-state index is 13.5. The van der Waals surface area contributed by atoms with E-state index in [2.05, 4.69) is 5.32 Å². The van der Waals surface area contributed by atoms with E-state index in [4.69, 9.17) is 4.98 Å². The Bertz CT molecular complexity index is 1150. The summed E-state index contributed by atoms with van der Waals surface area (Å²) < 4.78 is 42.3. The van der Waals surface area contributed by atoms with Gasteiger partial charge in [-0.25, -0.2) is 18.2 Å². The summed E-state index contributed by atoms with van der Waals surface area (Å²) in [6.07, 6.45) is -0.395. The molecule has 0 radical (unpaired) electrons. The number of likely N-dealkylation sites (tertiary alicyclic amines) is 1. The van der Waals surface area contributed by atoms with Gasteiger partial charge in [-0.05, 0) is 55.0 Å². The number of imidazole rings is 1. The minimum Gasteiger partial charge on any atom is -0.340 e. The molecule has 9 heteroatoms. The van der Waals surface area contributed by atoms with Gasteiger partial charge >= 0.3 is 0 Å². The number of halogens is 3. The highest BCUT2D eigenvalue weighted by atomic mass is 19.1. The molecule has 172 valence electrons. The Morgan fingerprint density at radius 2 is 1.70 bits per heavy atom. The van der Waals surface area contributed by atoms with Gasteiger partial charge in [-0.2, -0.15) is 0 Å². The van der Waals surface area contributed by atoms with Crippen LogP contribution in [0.25, 0.3) is 11.3 Å². The number of hydrogen-bond donors (Lipinski definition) is 1. The lowest BCUT2D eigenvalue weighted by Crippen LogP contribution is -2.43. The fourth-order valence-corrected chi connectivity index (χ4v) is 4.37. The van der Waals surface area contributed by atoms with Crippen LogP contribution in [-0.2, 0) is 17.9 Å². The summed E-state index contributed by atoms with van der Waals surface area (Å²) in [6.45, 7) is 2.43. The number of carbonyl (C=O) groups excluding carboxylic acids is 1. The SMILES string of the molecule is O=C(CN1CC[C@H](F)C1)N1CCn2c(nc(-c3ccc(F)cc3)c2Nc2ccc(F)cc2)C1. The summed E-state index contributed by atoms with van der Waals surface area (Å²) in [5.41, 5.74) is 2.05. The largest absolute Gasteiger partial charge is 0.340 e. The molecule has 5 rings (SSSR count). The topological polar surface area (TPSA) is 53.4 Å². The zero-order chi connectivity index (χ0) is 22.9. The molecule has 3 aromatic rings. The molecule has 1 aromatic heterocycles. The number of nitrogens with one attached hydrogen (secondary N) is 1. The number of fused-ring (bicyclic) bond motifs is 1. The van der Waals surface area contributed by atoms with Gasteiger partial charge in [-0.3, -0.25) is 9.69 Å². The van der Waals surface area contributed by atoms with Crippen LogP contribution in [0.5, 0.6) is 0 Å². The van der Waals surface area contributed by atoms with Crippen molar-refractivity contribution < 1.29 is 18.0 Å². The Morgan fingerprint density at radius 1 is 1.00 bits per heavy atom. The van der Waals surface area contributed by atoms with Crippen LogP contribution in [0.15, 0.2) is 48.5 Å². The second-order valence-electron chi connectivity index (χ2n) is 8.45. The quantitative estimate of drug-likeness (QED) is 0.633. The molecule has 0 spiro atoms. The van der Waals surface area contributed by atoms with Crippen LogP contribution in [0.1, 0.15) is 12.2 Å². The second kappa shape index (κ2) is 8.90. The van der Waals surface area contributed by atoms with Crippen LogP contribution in [0.2, 0.25) is 0 Å². The van der Waals surface area contributed by atoms with E-state index in [0.29, 0.717) is 62.2 Å². The molecule has 0 unspecified atom stereocenters. The predicted octanol–water partition coefficient (Wildman–Crippen LogP) is 3.96. The van der Waals surface area contributed by atoms with Crippen LogP contribution < -0.4 is 5.32 Å². The number of anilines is 2. The Morgan fingerprint density at radius 3 is 2.36 bits per heavy atom. The minimum atomic E-state index is -0.864. The first kappa shape index (κ1) is 21.5. The summed E-state index contributed by atoms with van der Waals surface area (Å²) in [6, 6.07) is 12.1. The summed E-state index contributed by atoms with van der Waals surface area (Å²) in [4.78, 5) is 21.2. The first-order valence-corrected chi connectivity index (χ1v) is 11.0. The van der Waals surface area contributed by atoms with E-state index < -0.39 is 6.17 Å². The van der Waals surface area contributed by atoms with E-state index in [-0.39, 0.29) is 24.1 Å². The molecule has 1 fully saturated rings. The number of nitrogens with zero attached hydrogens (tertiary/aromatic N) is 4. The number of benzene rings is 2. The van der Waals surface area contributed by atoms with Crippen molar-refractivity contribution in [1.82, 2.24) is 19.4 Å². The molecule has 1 atom stereocenters. The third-order valence-corrected chi connectivity index (χ3v) is 6.12. The number of amides is 1. The van der Waals surface area contributed by atoms with Gasteiger partial charge in [-0.1, -0.05) is 0 Å². The van der Waals surface area contributed by atoms with Gasteiger partial charge in [-0.15, -0.1) is 0 Å². The normalized spacial score (nSPS) is 18.4. The second-order valence-corrected chi connectivity index (χ2v) is 8.45. The van der Waals surface area contributed by atoms with Crippen molar-refractivity contribution in [3.05, 3.63) is 66.0 Å². The molecule has 1 N–H and O–H groups in total. The highest BCUT2D eigenvalue weighted by molar-refractivity contribution is 5.79.